The van der Waals surface area contributed by atoms with Crippen molar-refractivity contribution < 1.29 is 9.59 Å². The first-order valence-corrected chi connectivity index (χ1v) is 15.9. The predicted octanol–water partition coefficient (Wildman–Crippen LogP) is 6.46. The molecule has 1 unspecified atom stereocenters. The Kier molecular flexibility index (Phi) is 9.22. The van der Waals surface area contributed by atoms with E-state index >= 15 is 0 Å². The van der Waals surface area contributed by atoms with Crippen molar-refractivity contribution in [1.82, 2.24) is 24.8 Å². The van der Waals surface area contributed by atoms with E-state index in [1.807, 2.05) is 91.6 Å². The van der Waals surface area contributed by atoms with Crippen molar-refractivity contribution in [1.29, 1.82) is 0 Å². The number of aryl methyl sites for hydroxylation is 2. The van der Waals surface area contributed by atoms with Crippen LogP contribution < -0.4 is 0 Å². The van der Waals surface area contributed by atoms with Crippen LogP contribution in [0.25, 0.3) is 17.5 Å². The molecule has 0 radical (unpaired) electrons. The molecule has 45 heavy (non-hydrogen) atoms. The van der Waals surface area contributed by atoms with Crippen LogP contribution in [-0.4, -0.2) is 49.2 Å². The Balaban J connectivity index is 1.35. The molecule has 3 aromatic carbocycles. The molecule has 6 rings (SSSR count). The quantitative estimate of drug-likeness (QED) is 0.179. The maximum absolute atomic E-state index is 14.5. The average molecular weight is 614 g/mol. The number of hydrogen-bond acceptors (Lipinski definition) is 6. The fraction of sp³-hybridized carbons (Fsp3) is 0.216. The van der Waals surface area contributed by atoms with Gasteiger partial charge in [0.05, 0.1) is 15.6 Å². The second-order valence-corrected chi connectivity index (χ2v) is 12.5. The van der Waals surface area contributed by atoms with E-state index in [9.17, 15) is 9.59 Å². The smallest absolute Gasteiger partial charge is 0.247 e. The van der Waals surface area contributed by atoms with Crippen molar-refractivity contribution in [3.8, 4) is 11.4 Å². The third kappa shape index (κ3) is 7.24. The zero-order chi connectivity index (χ0) is 31.2. The van der Waals surface area contributed by atoms with Gasteiger partial charge in [-0.2, -0.15) is 0 Å². The van der Waals surface area contributed by atoms with E-state index in [4.69, 9.17) is 0 Å². The van der Waals surface area contributed by atoms with Crippen LogP contribution in [0.5, 0.6) is 0 Å². The third-order valence-electron chi connectivity index (χ3n) is 8.11. The number of nitrogens with zero attached hydrogens (tertiary/aromatic N) is 5. The molecule has 0 saturated carbocycles. The molecule has 1 aliphatic rings. The van der Waals surface area contributed by atoms with Crippen LogP contribution >= 0.6 is 11.3 Å². The Morgan fingerprint density at radius 3 is 2.31 bits per heavy atom. The molecule has 2 aromatic heterocycles. The van der Waals surface area contributed by atoms with Gasteiger partial charge in [-0.05, 0) is 54.7 Å². The van der Waals surface area contributed by atoms with Crippen molar-refractivity contribution >= 4 is 29.2 Å². The molecule has 0 aliphatic carbocycles. The van der Waals surface area contributed by atoms with Gasteiger partial charge in [0.25, 0.3) is 0 Å². The highest BCUT2D eigenvalue weighted by molar-refractivity contribution is 7.12. The number of carbonyl (C=O) groups excluding carboxylic acids is 2. The molecule has 0 fully saturated rings. The number of carbonyl (C=O) groups is 2. The van der Waals surface area contributed by atoms with Crippen LogP contribution in [0.3, 0.4) is 0 Å². The van der Waals surface area contributed by atoms with Crippen LogP contribution in [0.4, 0.5) is 0 Å². The monoisotopic (exact) mass is 613 g/mol. The first kappa shape index (κ1) is 30.1. The molecule has 1 aliphatic heterocycles. The second-order valence-electron chi connectivity index (χ2n) is 11.2. The van der Waals surface area contributed by atoms with E-state index in [2.05, 4.69) is 27.1 Å². The normalized spacial score (nSPS) is 13.4. The van der Waals surface area contributed by atoms with E-state index in [1.165, 1.54) is 5.56 Å². The molecular formula is C37H35N5O2S. The van der Waals surface area contributed by atoms with Gasteiger partial charge in [-0.25, -0.2) is 15.0 Å². The summed E-state index contributed by atoms with van der Waals surface area (Å²) < 4.78 is 0. The molecule has 0 bridgehead atoms. The maximum Gasteiger partial charge on any atom is 0.247 e. The van der Waals surface area contributed by atoms with Gasteiger partial charge < -0.3 is 9.80 Å². The predicted molar refractivity (Wildman–Crippen MR) is 178 cm³/mol. The van der Waals surface area contributed by atoms with E-state index in [0.29, 0.717) is 25.3 Å². The lowest BCUT2D eigenvalue weighted by molar-refractivity contribution is -0.144. The SMILES string of the molecule is Cc1nc(C)c(C=CC(=O)N(Cc2ccc(-c3ncccn3)cc2)C(Cc2ccccc2)C(=O)N2CCc3ccccc3C2)s1. The highest BCUT2D eigenvalue weighted by Crippen LogP contribution is 2.25. The number of benzene rings is 3. The van der Waals surface area contributed by atoms with Crippen molar-refractivity contribution in [2.75, 3.05) is 6.54 Å². The topological polar surface area (TPSA) is 79.3 Å². The van der Waals surface area contributed by atoms with Gasteiger partial charge in [-0.1, -0.05) is 78.9 Å². The molecule has 0 saturated heterocycles. The second kappa shape index (κ2) is 13.8. The third-order valence-corrected chi connectivity index (χ3v) is 9.14. The summed E-state index contributed by atoms with van der Waals surface area (Å²) in [5, 5.41) is 0.946. The van der Waals surface area contributed by atoms with Gasteiger partial charge in [-0.15, -0.1) is 11.3 Å². The highest BCUT2D eigenvalue weighted by Gasteiger charge is 2.34. The molecule has 7 nitrogen and oxygen atoms in total. The lowest BCUT2D eigenvalue weighted by atomic mass is 9.97. The summed E-state index contributed by atoms with van der Waals surface area (Å²) >= 11 is 1.55. The van der Waals surface area contributed by atoms with Crippen LogP contribution in [0.2, 0.25) is 0 Å². The fourth-order valence-corrected chi connectivity index (χ4v) is 6.58. The zero-order valence-electron chi connectivity index (χ0n) is 25.5. The van der Waals surface area contributed by atoms with Crippen molar-refractivity contribution in [3.63, 3.8) is 0 Å². The summed E-state index contributed by atoms with van der Waals surface area (Å²) in [6.45, 7) is 5.32. The summed E-state index contributed by atoms with van der Waals surface area (Å²) in [4.78, 5) is 46.5. The Hall–Kier alpha value is -4.95. The minimum Gasteiger partial charge on any atom is -0.336 e. The molecule has 8 heteroatoms. The Labute approximate surface area is 267 Å². The Bertz CT molecular complexity index is 1800. The largest absolute Gasteiger partial charge is 0.336 e. The number of fused-ring (bicyclic) bond motifs is 1. The summed E-state index contributed by atoms with van der Waals surface area (Å²) in [6.07, 6.45) is 8.05. The first-order valence-electron chi connectivity index (χ1n) is 15.1. The standard InChI is InChI=1S/C37H35N5O2S/c1-26-34(45-27(2)40-26)17-18-35(43)42(24-29-13-15-31(16-14-29)36-38-20-8-21-39-36)33(23-28-9-4-3-5-10-28)37(44)41-22-19-30-11-6-7-12-32(30)25-41/h3-18,20-21,33H,19,22-25H2,1-2H3. The molecule has 5 aromatic rings. The Morgan fingerprint density at radius 1 is 0.889 bits per heavy atom. The lowest BCUT2D eigenvalue weighted by Crippen LogP contribution is -2.52. The van der Waals surface area contributed by atoms with Crippen LogP contribution in [0, 0.1) is 13.8 Å². The minimum atomic E-state index is -0.698. The van der Waals surface area contributed by atoms with E-state index < -0.39 is 6.04 Å². The van der Waals surface area contributed by atoms with Gasteiger partial charge in [-0.3, -0.25) is 9.59 Å². The van der Waals surface area contributed by atoms with Crippen molar-refractivity contribution in [3.05, 3.63) is 141 Å². The maximum atomic E-state index is 14.5. The van der Waals surface area contributed by atoms with Crippen molar-refractivity contribution in [2.24, 2.45) is 0 Å². The number of amides is 2. The van der Waals surface area contributed by atoms with E-state index in [1.54, 1.807) is 40.8 Å². The summed E-state index contributed by atoms with van der Waals surface area (Å²) in [7, 11) is 0. The average Bonchev–Trinajstić information content (AvgIpc) is 3.41. The summed E-state index contributed by atoms with van der Waals surface area (Å²) in [6, 6.07) is 27.2. The molecule has 1 atom stereocenters. The summed E-state index contributed by atoms with van der Waals surface area (Å²) in [5.74, 6) is 0.370. The molecule has 226 valence electrons. The molecule has 3 heterocycles. The van der Waals surface area contributed by atoms with Crippen molar-refractivity contribution in [2.45, 2.75) is 45.8 Å². The fourth-order valence-electron chi connectivity index (χ4n) is 5.75. The minimum absolute atomic E-state index is 0.0470. The summed E-state index contributed by atoms with van der Waals surface area (Å²) in [5.41, 5.74) is 6.11. The highest BCUT2D eigenvalue weighted by atomic mass is 32.1. The number of hydrogen-bond donors (Lipinski definition) is 0. The van der Waals surface area contributed by atoms with Gasteiger partial charge in [0.15, 0.2) is 5.82 Å². The molecule has 0 N–H and O–H groups in total. The Morgan fingerprint density at radius 2 is 1.60 bits per heavy atom. The molecular weight excluding hydrogens is 579 g/mol. The number of aromatic nitrogens is 3. The van der Waals surface area contributed by atoms with Gasteiger partial charge in [0.1, 0.15) is 6.04 Å². The number of rotatable bonds is 9. The van der Waals surface area contributed by atoms with Gasteiger partial charge in [0.2, 0.25) is 11.8 Å². The van der Waals surface area contributed by atoms with Crippen LogP contribution in [0.15, 0.2) is 103 Å². The zero-order valence-corrected chi connectivity index (χ0v) is 26.3. The number of thiazole rings is 1. The van der Waals surface area contributed by atoms with E-state index in [0.717, 1.165) is 44.3 Å². The molecule has 0 spiro atoms. The van der Waals surface area contributed by atoms with Gasteiger partial charge in [0, 0.05) is 50.1 Å². The molecule has 2 amide bonds. The van der Waals surface area contributed by atoms with Gasteiger partial charge >= 0.3 is 0 Å². The van der Waals surface area contributed by atoms with Crippen LogP contribution in [-0.2, 0) is 35.5 Å². The van der Waals surface area contributed by atoms with Crippen LogP contribution in [0.1, 0.15) is 37.8 Å². The lowest BCUT2D eigenvalue weighted by Gasteiger charge is -2.37. The van der Waals surface area contributed by atoms with E-state index in [-0.39, 0.29) is 18.4 Å². The first-order chi connectivity index (χ1) is 21.9.